The molecule has 0 aliphatic heterocycles. The van der Waals surface area contributed by atoms with E-state index < -0.39 is 12.1 Å². The van der Waals surface area contributed by atoms with Crippen LogP contribution >= 0.6 is 0 Å². The van der Waals surface area contributed by atoms with Crippen LogP contribution in [-0.2, 0) is 4.79 Å². The number of aliphatic hydroxyl groups excluding tert-OH is 1. The fourth-order valence-corrected chi connectivity index (χ4v) is 0.955. The van der Waals surface area contributed by atoms with Crippen LogP contribution in [0, 0.1) is 6.92 Å². The maximum atomic E-state index is 10.2. The van der Waals surface area contributed by atoms with E-state index in [1.807, 2.05) is 19.1 Å². The normalized spacial score (nSPS) is 12.1. The summed E-state index contributed by atoms with van der Waals surface area (Å²) in [4.78, 5) is 10.2. The van der Waals surface area contributed by atoms with E-state index in [4.69, 9.17) is 9.84 Å². The standard InChI is InChI=1S/C10H12O4/c1-7-4-2-3-5-9(7)14-6-8(11)10(12)13/h2-5,8,11H,6H2,1H3,(H,12,13)/p-1/t8-/m0/s1. The van der Waals surface area contributed by atoms with E-state index in [1.54, 1.807) is 12.1 Å². The third kappa shape index (κ3) is 2.74. The molecule has 0 aliphatic rings. The average Bonchev–Trinajstić information content (AvgIpc) is 2.16. The van der Waals surface area contributed by atoms with Gasteiger partial charge in [0.15, 0.2) is 0 Å². The summed E-state index contributed by atoms with van der Waals surface area (Å²) >= 11 is 0. The highest BCUT2D eigenvalue weighted by molar-refractivity contribution is 5.69. The number of aliphatic hydroxyl groups is 1. The van der Waals surface area contributed by atoms with E-state index in [0.29, 0.717) is 5.75 Å². The van der Waals surface area contributed by atoms with E-state index in [9.17, 15) is 9.90 Å². The lowest BCUT2D eigenvalue weighted by Crippen LogP contribution is -2.39. The number of aliphatic carboxylic acids is 1. The minimum atomic E-state index is -1.59. The molecule has 14 heavy (non-hydrogen) atoms. The van der Waals surface area contributed by atoms with Gasteiger partial charge in [-0.15, -0.1) is 0 Å². The third-order valence-electron chi connectivity index (χ3n) is 1.76. The van der Waals surface area contributed by atoms with Gasteiger partial charge in [0.05, 0.1) is 5.97 Å². The predicted molar refractivity (Wildman–Crippen MR) is 47.7 cm³/mol. The molecule has 1 aromatic rings. The highest BCUT2D eigenvalue weighted by Gasteiger charge is 2.06. The molecule has 0 saturated heterocycles. The number of aryl methyl sites for hydroxylation is 1. The highest BCUT2D eigenvalue weighted by Crippen LogP contribution is 2.15. The van der Waals surface area contributed by atoms with Crippen LogP contribution in [0.3, 0.4) is 0 Å². The Morgan fingerprint density at radius 2 is 2.21 bits per heavy atom. The van der Waals surface area contributed by atoms with Crippen molar-refractivity contribution < 1.29 is 19.7 Å². The van der Waals surface area contributed by atoms with Gasteiger partial charge in [0.1, 0.15) is 18.5 Å². The zero-order valence-corrected chi connectivity index (χ0v) is 7.77. The number of carbonyl (C=O) groups excluding carboxylic acids is 1. The number of ether oxygens (including phenoxy) is 1. The van der Waals surface area contributed by atoms with Crippen LogP contribution < -0.4 is 9.84 Å². The second-order valence-corrected chi connectivity index (χ2v) is 2.91. The second-order valence-electron chi connectivity index (χ2n) is 2.91. The molecule has 0 bridgehead atoms. The van der Waals surface area contributed by atoms with Gasteiger partial charge in [-0.25, -0.2) is 0 Å². The molecule has 4 heteroatoms. The van der Waals surface area contributed by atoms with Gasteiger partial charge < -0.3 is 19.7 Å². The van der Waals surface area contributed by atoms with Gasteiger partial charge in [-0.1, -0.05) is 18.2 Å². The number of benzene rings is 1. The van der Waals surface area contributed by atoms with E-state index in [1.165, 1.54) is 0 Å². The van der Waals surface area contributed by atoms with Crippen molar-refractivity contribution >= 4 is 5.97 Å². The summed E-state index contributed by atoms with van der Waals surface area (Å²) in [7, 11) is 0. The molecule has 0 radical (unpaired) electrons. The molecule has 0 heterocycles. The van der Waals surface area contributed by atoms with Gasteiger partial charge in [0, 0.05) is 0 Å². The Balaban J connectivity index is 2.54. The van der Waals surface area contributed by atoms with E-state index in [-0.39, 0.29) is 6.61 Å². The first-order valence-electron chi connectivity index (χ1n) is 4.18. The smallest absolute Gasteiger partial charge is 0.127 e. The van der Waals surface area contributed by atoms with Crippen LogP contribution in [0.5, 0.6) is 5.75 Å². The van der Waals surface area contributed by atoms with E-state index >= 15 is 0 Å². The van der Waals surface area contributed by atoms with Crippen LogP contribution in [-0.4, -0.2) is 23.8 Å². The first-order chi connectivity index (χ1) is 6.61. The molecule has 76 valence electrons. The molecule has 0 amide bonds. The summed E-state index contributed by atoms with van der Waals surface area (Å²) in [5.74, 6) is -0.966. The van der Waals surface area contributed by atoms with Crippen molar-refractivity contribution in [2.75, 3.05) is 6.61 Å². The lowest BCUT2D eigenvalue weighted by atomic mass is 10.2. The SMILES string of the molecule is Cc1ccccc1OC[C@H](O)C(=O)[O-]. The van der Waals surface area contributed by atoms with Crippen molar-refractivity contribution in [2.24, 2.45) is 0 Å². The molecule has 1 rings (SSSR count). The maximum absolute atomic E-state index is 10.2. The minimum absolute atomic E-state index is 0.298. The summed E-state index contributed by atoms with van der Waals surface area (Å²) in [6.45, 7) is 1.54. The molecule has 4 nitrogen and oxygen atoms in total. The molecule has 0 saturated carbocycles. The highest BCUT2D eigenvalue weighted by atomic mass is 16.5. The molecule has 0 spiro atoms. The van der Waals surface area contributed by atoms with Gasteiger partial charge in [-0.05, 0) is 18.6 Å². The Kier molecular flexibility index (Phi) is 3.48. The summed E-state index contributed by atoms with van der Waals surface area (Å²) in [6.07, 6.45) is -1.59. The summed E-state index contributed by atoms with van der Waals surface area (Å²) in [5.41, 5.74) is 0.887. The van der Waals surface area contributed by atoms with E-state index in [2.05, 4.69) is 0 Å². The van der Waals surface area contributed by atoms with Crippen molar-refractivity contribution in [1.82, 2.24) is 0 Å². The van der Waals surface area contributed by atoms with Gasteiger partial charge in [0.25, 0.3) is 0 Å². The zero-order valence-electron chi connectivity index (χ0n) is 7.77. The van der Waals surface area contributed by atoms with Crippen LogP contribution in [0.25, 0.3) is 0 Å². The Bertz CT molecular complexity index is 322. The number of hydrogen-bond acceptors (Lipinski definition) is 4. The Labute approximate surface area is 81.8 Å². The number of hydrogen-bond donors (Lipinski definition) is 1. The molecule has 1 N–H and O–H groups in total. The Morgan fingerprint density at radius 1 is 1.57 bits per heavy atom. The number of carboxylic acid groups (broad SMARTS) is 1. The molecule has 0 fully saturated rings. The monoisotopic (exact) mass is 195 g/mol. The van der Waals surface area contributed by atoms with Crippen molar-refractivity contribution in [3.8, 4) is 5.75 Å². The lowest BCUT2D eigenvalue weighted by Gasteiger charge is -2.13. The van der Waals surface area contributed by atoms with Gasteiger partial charge in [-0.3, -0.25) is 0 Å². The Morgan fingerprint density at radius 3 is 2.79 bits per heavy atom. The van der Waals surface area contributed by atoms with Crippen LogP contribution in [0.15, 0.2) is 24.3 Å². The molecular weight excluding hydrogens is 184 g/mol. The van der Waals surface area contributed by atoms with Gasteiger partial charge in [-0.2, -0.15) is 0 Å². The average molecular weight is 195 g/mol. The predicted octanol–water partition coefficient (Wildman–Crippen LogP) is -0.515. The topological polar surface area (TPSA) is 69.6 Å². The first kappa shape index (κ1) is 10.5. The molecule has 0 aromatic heterocycles. The van der Waals surface area contributed by atoms with Crippen molar-refractivity contribution in [1.29, 1.82) is 0 Å². The first-order valence-corrected chi connectivity index (χ1v) is 4.18. The summed E-state index contributed by atoms with van der Waals surface area (Å²) in [6, 6.07) is 7.16. The fraction of sp³-hybridized carbons (Fsp3) is 0.300. The van der Waals surface area contributed by atoms with Gasteiger partial charge in [0.2, 0.25) is 0 Å². The lowest BCUT2D eigenvalue weighted by molar-refractivity contribution is -0.315. The second kappa shape index (κ2) is 4.62. The number of rotatable bonds is 4. The van der Waals surface area contributed by atoms with Gasteiger partial charge >= 0.3 is 0 Å². The maximum Gasteiger partial charge on any atom is 0.127 e. The van der Waals surface area contributed by atoms with Crippen molar-refractivity contribution in [3.63, 3.8) is 0 Å². The largest absolute Gasteiger partial charge is 0.547 e. The van der Waals surface area contributed by atoms with Crippen molar-refractivity contribution in [2.45, 2.75) is 13.0 Å². The Hall–Kier alpha value is -1.55. The number of carbonyl (C=O) groups is 1. The van der Waals surface area contributed by atoms with Crippen LogP contribution in [0.4, 0.5) is 0 Å². The summed E-state index contributed by atoms with van der Waals surface area (Å²) < 4.78 is 5.09. The quantitative estimate of drug-likeness (QED) is 0.702. The van der Waals surface area contributed by atoms with Crippen molar-refractivity contribution in [3.05, 3.63) is 29.8 Å². The van der Waals surface area contributed by atoms with E-state index in [0.717, 1.165) is 5.56 Å². The molecule has 1 atom stereocenters. The zero-order chi connectivity index (χ0) is 10.6. The molecule has 0 unspecified atom stereocenters. The fourth-order valence-electron chi connectivity index (χ4n) is 0.955. The summed E-state index contributed by atoms with van der Waals surface area (Å²) in [5, 5.41) is 19.1. The molecule has 1 aromatic carbocycles. The number of carboxylic acids is 1. The van der Waals surface area contributed by atoms with Crippen LogP contribution in [0.1, 0.15) is 5.56 Å². The molecule has 0 aliphatic carbocycles. The minimum Gasteiger partial charge on any atom is -0.547 e. The third-order valence-corrected chi connectivity index (χ3v) is 1.76. The van der Waals surface area contributed by atoms with Crippen LogP contribution in [0.2, 0.25) is 0 Å². The molecular formula is C10H11O4-. The number of para-hydroxylation sites is 1.